The van der Waals surface area contributed by atoms with Crippen LogP contribution >= 0.6 is 0 Å². The molecule has 160 valence electrons. The van der Waals surface area contributed by atoms with Gasteiger partial charge in [-0.2, -0.15) is 0 Å². The molecular weight excluding hydrogens is 392 g/mol. The number of aldehydes is 1. The number of fused-ring (bicyclic) bond motifs is 1. The first-order chi connectivity index (χ1) is 15.2. The number of aliphatic imine (C=N–C) groups is 1. The minimum absolute atomic E-state index is 0.175. The van der Waals surface area contributed by atoms with Gasteiger partial charge in [0, 0.05) is 51.2 Å². The molecule has 1 amide bonds. The van der Waals surface area contributed by atoms with Gasteiger partial charge in [-0.3, -0.25) is 14.7 Å². The molecule has 8 nitrogen and oxygen atoms in total. The number of aromatic nitrogens is 2. The summed E-state index contributed by atoms with van der Waals surface area (Å²) in [4.78, 5) is 37.9. The van der Waals surface area contributed by atoms with Gasteiger partial charge in [-0.1, -0.05) is 12.1 Å². The highest BCUT2D eigenvalue weighted by atomic mass is 16.1. The highest BCUT2D eigenvalue weighted by Gasteiger charge is 2.17. The molecule has 4 heterocycles. The van der Waals surface area contributed by atoms with E-state index in [4.69, 9.17) is 0 Å². The van der Waals surface area contributed by atoms with E-state index in [2.05, 4.69) is 42.6 Å². The van der Waals surface area contributed by atoms with Crippen LogP contribution in [-0.4, -0.2) is 59.5 Å². The van der Waals surface area contributed by atoms with E-state index in [1.165, 1.54) is 5.57 Å². The lowest BCUT2D eigenvalue weighted by atomic mass is 10.0. The molecule has 0 radical (unpaired) electrons. The van der Waals surface area contributed by atoms with Crippen LogP contribution in [0.2, 0.25) is 0 Å². The van der Waals surface area contributed by atoms with Gasteiger partial charge in [-0.25, -0.2) is 9.98 Å². The number of amides is 1. The van der Waals surface area contributed by atoms with E-state index < -0.39 is 0 Å². The van der Waals surface area contributed by atoms with Crippen LogP contribution in [0, 0.1) is 0 Å². The zero-order chi connectivity index (χ0) is 21.6. The summed E-state index contributed by atoms with van der Waals surface area (Å²) in [6.45, 7) is 3.28. The number of hydrogen-bond acceptors (Lipinski definition) is 7. The zero-order valence-corrected chi connectivity index (χ0v) is 17.6. The van der Waals surface area contributed by atoms with Crippen LogP contribution < -0.4 is 10.6 Å². The van der Waals surface area contributed by atoms with Gasteiger partial charge in [0.05, 0.1) is 12.2 Å². The highest BCUT2D eigenvalue weighted by Crippen LogP contribution is 2.28. The monoisotopic (exact) mass is 418 g/mol. The molecule has 2 aromatic rings. The normalized spacial score (nSPS) is 15.9. The van der Waals surface area contributed by atoms with Crippen molar-refractivity contribution in [3.05, 3.63) is 53.5 Å². The topological polar surface area (TPSA) is 99.6 Å². The van der Waals surface area contributed by atoms with Gasteiger partial charge in [0.15, 0.2) is 5.82 Å². The summed E-state index contributed by atoms with van der Waals surface area (Å²) < 4.78 is 0. The average molecular weight is 419 g/mol. The third-order valence-electron chi connectivity index (χ3n) is 5.51. The molecule has 0 aromatic carbocycles. The molecule has 4 rings (SSSR count). The Morgan fingerprint density at radius 1 is 1.29 bits per heavy atom. The van der Waals surface area contributed by atoms with Gasteiger partial charge in [0.25, 0.3) is 5.91 Å². The lowest BCUT2D eigenvalue weighted by Crippen LogP contribution is -2.28. The molecule has 2 aromatic heterocycles. The molecule has 0 atom stereocenters. The van der Waals surface area contributed by atoms with Crippen molar-refractivity contribution < 1.29 is 9.59 Å². The van der Waals surface area contributed by atoms with Crippen molar-refractivity contribution in [2.75, 3.05) is 32.0 Å². The van der Waals surface area contributed by atoms with Gasteiger partial charge in [-0.05, 0) is 41.7 Å². The summed E-state index contributed by atoms with van der Waals surface area (Å²) in [5, 5.41) is 5.96. The summed E-state index contributed by atoms with van der Waals surface area (Å²) in [6, 6.07) is 5.84. The van der Waals surface area contributed by atoms with Gasteiger partial charge in [0.1, 0.15) is 12.0 Å². The second-order valence-electron chi connectivity index (χ2n) is 7.68. The first kappa shape index (κ1) is 20.9. The fourth-order valence-corrected chi connectivity index (χ4v) is 3.78. The smallest absolute Gasteiger partial charge is 0.269 e. The molecule has 2 aliphatic heterocycles. The van der Waals surface area contributed by atoms with Gasteiger partial charge >= 0.3 is 0 Å². The van der Waals surface area contributed by atoms with E-state index in [0.717, 1.165) is 54.9 Å². The number of carbonyl (C=O) groups is 2. The fourth-order valence-electron chi connectivity index (χ4n) is 3.78. The highest BCUT2D eigenvalue weighted by molar-refractivity contribution is 5.95. The van der Waals surface area contributed by atoms with Crippen molar-refractivity contribution >= 4 is 35.0 Å². The quantitative estimate of drug-likeness (QED) is 0.671. The maximum absolute atomic E-state index is 11.6. The van der Waals surface area contributed by atoms with Crippen molar-refractivity contribution in [2.45, 2.75) is 25.8 Å². The fraction of sp³-hybridized carbons (Fsp3) is 0.348. The van der Waals surface area contributed by atoms with E-state index in [1.54, 1.807) is 19.3 Å². The summed E-state index contributed by atoms with van der Waals surface area (Å²) in [7, 11) is 1.60. The number of anilines is 1. The molecule has 0 unspecified atom stereocenters. The molecule has 8 heteroatoms. The predicted molar refractivity (Wildman–Crippen MR) is 121 cm³/mol. The number of nitrogens with zero attached hydrogens (tertiary/aromatic N) is 4. The van der Waals surface area contributed by atoms with Crippen molar-refractivity contribution in [3.63, 3.8) is 0 Å². The van der Waals surface area contributed by atoms with Crippen molar-refractivity contribution in [1.29, 1.82) is 0 Å². The van der Waals surface area contributed by atoms with Gasteiger partial charge in [-0.15, -0.1) is 0 Å². The van der Waals surface area contributed by atoms with Crippen molar-refractivity contribution in [3.8, 4) is 0 Å². The molecular formula is C23H26N6O2. The lowest BCUT2D eigenvalue weighted by Gasteiger charge is -2.27. The Kier molecular flexibility index (Phi) is 6.47. The molecule has 0 bridgehead atoms. The van der Waals surface area contributed by atoms with Crippen molar-refractivity contribution in [2.24, 2.45) is 4.99 Å². The summed E-state index contributed by atoms with van der Waals surface area (Å²) >= 11 is 0. The SMILES string of the molecule is CNC(=O)c1ccc(C2=CCN(Cc3cnc4c(c3)NCC(CCC=O)=N4)CC2)cn1. The van der Waals surface area contributed by atoms with E-state index in [9.17, 15) is 9.59 Å². The van der Waals surface area contributed by atoms with Crippen molar-refractivity contribution in [1.82, 2.24) is 20.2 Å². The third kappa shape index (κ3) is 5.03. The number of hydrogen-bond donors (Lipinski definition) is 2. The van der Waals surface area contributed by atoms with Crippen LogP contribution in [0.25, 0.3) is 5.57 Å². The minimum Gasteiger partial charge on any atom is -0.377 e. The molecule has 0 fully saturated rings. The predicted octanol–water partition coefficient (Wildman–Crippen LogP) is 2.60. The lowest BCUT2D eigenvalue weighted by molar-refractivity contribution is -0.107. The van der Waals surface area contributed by atoms with Crippen LogP contribution in [0.5, 0.6) is 0 Å². The Morgan fingerprint density at radius 2 is 2.19 bits per heavy atom. The number of pyridine rings is 2. The Morgan fingerprint density at radius 3 is 2.90 bits per heavy atom. The maximum Gasteiger partial charge on any atom is 0.269 e. The Labute approximate surface area is 181 Å². The first-order valence-electron chi connectivity index (χ1n) is 10.5. The Hall–Kier alpha value is -3.39. The van der Waals surface area contributed by atoms with E-state index in [-0.39, 0.29) is 5.91 Å². The molecule has 2 N–H and O–H groups in total. The minimum atomic E-state index is -0.175. The first-order valence-corrected chi connectivity index (χ1v) is 10.5. The number of carbonyl (C=O) groups excluding carboxylic acids is 2. The zero-order valence-electron chi connectivity index (χ0n) is 17.6. The molecule has 0 spiro atoms. The summed E-state index contributed by atoms with van der Waals surface area (Å²) in [5.74, 6) is 0.524. The molecule has 0 aliphatic carbocycles. The van der Waals surface area contributed by atoms with Crippen LogP contribution in [0.4, 0.5) is 11.5 Å². The second-order valence-corrected chi connectivity index (χ2v) is 7.68. The molecule has 2 aliphatic rings. The van der Waals surface area contributed by atoms with E-state index >= 15 is 0 Å². The number of nitrogens with one attached hydrogen (secondary N) is 2. The van der Waals surface area contributed by atoms with E-state index in [0.29, 0.717) is 30.9 Å². The third-order valence-corrected chi connectivity index (χ3v) is 5.51. The van der Waals surface area contributed by atoms with Crippen LogP contribution in [-0.2, 0) is 11.3 Å². The average Bonchev–Trinajstić information content (AvgIpc) is 2.83. The standard InChI is InChI=1S/C23H26N6O2/c1-24-23(31)20-5-4-18(13-25-20)17-6-8-29(9-7-17)15-16-11-21-22(27-12-16)28-19(14-26-21)3-2-10-30/h4-6,10-13,26H,2-3,7-9,14-15H2,1H3,(H,24,31). The number of rotatable bonds is 7. The van der Waals surface area contributed by atoms with Crippen LogP contribution in [0.3, 0.4) is 0 Å². The second kappa shape index (κ2) is 9.61. The largest absolute Gasteiger partial charge is 0.377 e. The summed E-state index contributed by atoms with van der Waals surface area (Å²) in [5.41, 5.74) is 5.81. The summed E-state index contributed by atoms with van der Waals surface area (Å²) in [6.07, 6.45) is 8.90. The van der Waals surface area contributed by atoms with Crippen LogP contribution in [0.1, 0.15) is 40.9 Å². The van der Waals surface area contributed by atoms with Gasteiger partial charge in [0.2, 0.25) is 0 Å². The Bertz CT molecular complexity index is 1030. The van der Waals surface area contributed by atoms with Crippen LogP contribution in [0.15, 0.2) is 41.7 Å². The Balaban J connectivity index is 1.37. The molecule has 31 heavy (non-hydrogen) atoms. The van der Waals surface area contributed by atoms with Gasteiger partial charge < -0.3 is 15.4 Å². The maximum atomic E-state index is 11.6. The van der Waals surface area contributed by atoms with E-state index in [1.807, 2.05) is 12.3 Å². The molecule has 0 saturated carbocycles. The molecule has 0 saturated heterocycles.